The summed E-state index contributed by atoms with van der Waals surface area (Å²) in [7, 11) is 0. The van der Waals surface area contributed by atoms with E-state index in [1.54, 1.807) is 6.21 Å². The largest absolute Gasteiger partial charge is 0.490 e. The van der Waals surface area contributed by atoms with Gasteiger partial charge in [0.15, 0.2) is 0 Å². The predicted molar refractivity (Wildman–Crippen MR) is 132 cm³/mol. The number of hydrazone groups is 2. The van der Waals surface area contributed by atoms with Gasteiger partial charge in [-0.1, -0.05) is 36.4 Å². The van der Waals surface area contributed by atoms with Gasteiger partial charge in [-0.05, 0) is 47.6 Å². The Bertz CT molecular complexity index is 1130. The summed E-state index contributed by atoms with van der Waals surface area (Å²) < 4.78 is 63.5. The van der Waals surface area contributed by atoms with E-state index in [0.717, 1.165) is 35.2 Å². The molecule has 2 aromatic rings. The van der Waals surface area contributed by atoms with E-state index in [2.05, 4.69) is 15.5 Å². The summed E-state index contributed by atoms with van der Waals surface area (Å²) in [5.74, 6) is 3.82. The van der Waals surface area contributed by atoms with Crippen LogP contribution in [0.25, 0.3) is 0 Å². The Morgan fingerprint density at radius 1 is 0.875 bits per heavy atom. The van der Waals surface area contributed by atoms with Gasteiger partial charge < -0.3 is 32.3 Å². The molecular formula is C23H25F6N5O6. The van der Waals surface area contributed by atoms with Crippen molar-refractivity contribution >= 4 is 36.1 Å². The van der Waals surface area contributed by atoms with Crippen LogP contribution in [0.15, 0.2) is 58.7 Å². The monoisotopic (exact) mass is 581 g/mol. The fourth-order valence-electron chi connectivity index (χ4n) is 2.79. The molecule has 0 saturated carbocycles. The summed E-state index contributed by atoms with van der Waals surface area (Å²) in [6, 6.07) is 15.5. The molecule has 0 bridgehead atoms. The summed E-state index contributed by atoms with van der Waals surface area (Å²) in [5.41, 5.74) is 3.85. The van der Waals surface area contributed by atoms with Gasteiger partial charge in [0.1, 0.15) is 6.34 Å². The van der Waals surface area contributed by atoms with E-state index in [0.29, 0.717) is 0 Å². The maximum Gasteiger partial charge on any atom is 0.490 e. The van der Waals surface area contributed by atoms with Crippen molar-refractivity contribution in [2.75, 3.05) is 5.32 Å². The van der Waals surface area contributed by atoms with Crippen LogP contribution in [0, 0.1) is 0 Å². The molecule has 0 aromatic heterocycles. The Balaban J connectivity index is 0.000000894. The van der Waals surface area contributed by atoms with Crippen molar-refractivity contribution in [3.05, 3.63) is 65.2 Å². The van der Waals surface area contributed by atoms with Gasteiger partial charge in [0.05, 0.1) is 12.6 Å². The Morgan fingerprint density at radius 2 is 1.40 bits per heavy atom. The molecular weight excluding hydrogens is 556 g/mol. The van der Waals surface area contributed by atoms with Crippen molar-refractivity contribution in [3.8, 4) is 0 Å². The number of aryl methyl sites for hydroxylation is 1. The number of halogens is 6. The molecule has 40 heavy (non-hydrogen) atoms. The molecule has 2 rings (SSSR count). The third-order valence-corrected chi connectivity index (χ3v) is 4.55. The van der Waals surface area contributed by atoms with E-state index in [1.807, 2.05) is 48.5 Å². The first-order chi connectivity index (χ1) is 18.5. The zero-order valence-electron chi connectivity index (χ0n) is 20.4. The average molecular weight is 581 g/mol. The molecule has 0 aliphatic carbocycles. The third kappa shape index (κ3) is 15.4. The van der Waals surface area contributed by atoms with E-state index in [9.17, 15) is 36.2 Å². The minimum absolute atomic E-state index is 0.0757. The normalized spacial score (nSPS) is 12.1. The van der Waals surface area contributed by atoms with Crippen LogP contribution < -0.4 is 17.0 Å². The van der Waals surface area contributed by atoms with Crippen LogP contribution >= 0.6 is 0 Å². The molecule has 0 aliphatic rings. The number of nitrogens with zero attached hydrogens (tertiary/aromatic N) is 2. The lowest BCUT2D eigenvalue weighted by Gasteiger charge is -2.16. The number of nitrogens with one attached hydrogen (secondary N) is 1. The topological polar surface area (TPSA) is 201 Å². The lowest BCUT2D eigenvalue weighted by atomic mass is 9.89. The van der Waals surface area contributed by atoms with E-state index in [-0.39, 0.29) is 12.3 Å². The molecule has 0 amide bonds. The lowest BCUT2D eigenvalue weighted by molar-refractivity contribution is -0.193. The van der Waals surface area contributed by atoms with Gasteiger partial charge >= 0.3 is 30.3 Å². The Morgan fingerprint density at radius 3 is 1.82 bits per heavy atom. The number of carboxylic acids is 3. The number of benzene rings is 2. The van der Waals surface area contributed by atoms with Crippen molar-refractivity contribution in [1.29, 1.82) is 0 Å². The number of rotatable bonds is 9. The zero-order valence-corrected chi connectivity index (χ0v) is 20.4. The maximum atomic E-state index is 11.3. The van der Waals surface area contributed by atoms with Gasteiger partial charge in [-0.25, -0.2) is 9.59 Å². The van der Waals surface area contributed by atoms with E-state index in [4.69, 9.17) is 31.5 Å². The fraction of sp³-hybridized carbons (Fsp3) is 0.261. The molecule has 11 nitrogen and oxygen atoms in total. The van der Waals surface area contributed by atoms with Crippen LogP contribution in [0.3, 0.4) is 0 Å². The van der Waals surface area contributed by atoms with Crippen molar-refractivity contribution in [1.82, 2.24) is 0 Å². The Hall–Kier alpha value is -4.83. The highest BCUT2D eigenvalue weighted by molar-refractivity contribution is 5.79. The molecule has 0 radical (unpaired) electrons. The predicted octanol–water partition coefficient (Wildman–Crippen LogP) is 3.75. The Kier molecular flexibility index (Phi) is 14.9. The van der Waals surface area contributed by atoms with E-state index < -0.39 is 30.3 Å². The molecule has 0 saturated heterocycles. The minimum atomic E-state index is -5.08. The highest BCUT2D eigenvalue weighted by Gasteiger charge is 2.38. The van der Waals surface area contributed by atoms with Gasteiger partial charge in [0, 0.05) is 5.69 Å². The quantitative estimate of drug-likeness (QED) is 0.0839. The third-order valence-electron chi connectivity index (χ3n) is 4.55. The van der Waals surface area contributed by atoms with Crippen molar-refractivity contribution in [3.63, 3.8) is 0 Å². The number of alkyl halides is 6. The second-order valence-electron chi connectivity index (χ2n) is 7.51. The number of carboxylic acid groups (broad SMARTS) is 3. The van der Waals surface area contributed by atoms with Crippen LogP contribution in [0.2, 0.25) is 0 Å². The first-order valence-electron chi connectivity index (χ1n) is 10.7. The SMILES string of the molecule is NN=CNc1cccc(C(CCc2ccc(C=NN)cc2)CC(=O)O)c1.O=C(O)C(F)(F)F.O=C(O)C(F)(F)F. The molecule has 1 unspecified atom stereocenters. The first kappa shape index (κ1) is 35.2. The van der Waals surface area contributed by atoms with Crippen LogP contribution in [-0.2, 0) is 20.8 Å². The molecule has 17 heteroatoms. The van der Waals surface area contributed by atoms with Gasteiger partial charge in [-0.3, -0.25) is 4.79 Å². The highest BCUT2D eigenvalue weighted by Crippen LogP contribution is 2.27. The van der Waals surface area contributed by atoms with Gasteiger partial charge in [-0.15, -0.1) is 0 Å². The zero-order chi connectivity index (χ0) is 30.9. The van der Waals surface area contributed by atoms with Crippen LogP contribution in [0.5, 0.6) is 0 Å². The summed E-state index contributed by atoms with van der Waals surface area (Å²) in [5, 5.41) is 33.4. The van der Waals surface area contributed by atoms with Crippen LogP contribution in [-0.4, -0.2) is 58.1 Å². The number of carbonyl (C=O) groups is 3. The molecule has 8 N–H and O–H groups in total. The van der Waals surface area contributed by atoms with E-state index >= 15 is 0 Å². The maximum absolute atomic E-state index is 11.3. The standard InChI is InChI=1S/C19H23N5O2.2C2HF3O2/c20-23-12-15-6-4-14(5-7-15)8-9-17(11-19(25)26)16-2-1-3-18(10-16)22-13-24-21;2*3-2(4,5)1(6)7/h1-7,10,12-13,17H,8-9,11,20-21H2,(H,22,24)(H,25,26);2*(H,6,7). The molecule has 0 spiro atoms. The van der Waals surface area contributed by atoms with Crippen molar-refractivity contribution < 1.29 is 56.0 Å². The average Bonchev–Trinajstić information content (AvgIpc) is 2.86. The molecule has 0 heterocycles. The van der Waals surface area contributed by atoms with E-state index in [1.165, 1.54) is 6.34 Å². The van der Waals surface area contributed by atoms with Gasteiger partial charge in [-0.2, -0.15) is 36.5 Å². The first-order valence-corrected chi connectivity index (χ1v) is 10.7. The van der Waals surface area contributed by atoms with Crippen LogP contribution in [0.1, 0.15) is 35.4 Å². The number of aliphatic carboxylic acids is 3. The second kappa shape index (κ2) is 16.9. The second-order valence-corrected chi connectivity index (χ2v) is 7.51. The number of hydrogen-bond donors (Lipinski definition) is 6. The summed E-state index contributed by atoms with van der Waals surface area (Å²) in [6.45, 7) is 0. The lowest BCUT2D eigenvalue weighted by Crippen LogP contribution is -2.21. The summed E-state index contributed by atoms with van der Waals surface area (Å²) in [4.78, 5) is 29.1. The molecule has 220 valence electrons. The van der Waals surface area contributed by atoms with Crippen molar-refractivity contribution in [2.45, 2.75) is 37.5 Å². The fourth-order valence-corrected chi connectivity index (χ4v) is 2.79. The Labute approximate surface area is 222 Å². The number of nitrogens with two attached hydrogens (primary N) is 2. The molecule has 1 atom stereocenters. The number of anilines is 1. The number of hydrogen-bond acceptors (Lipinski definition) is 7. The van der Waals surface area contributed by atoms with Crippen molar-refractivity contribution in [2.24, 2.45) is 21.9 Å². The highest BCUT2D eigenvalue weighted by atomic mass is 19.4. The molecule has 2 aromatic carbocycles. The van der Waals surface area contributed by atoms with Gasteiger partial charge in [0.25, 0.3) is 0 Å². The molecule has 0 aliphatic heterocycles. The summed E-state index contributed by atoms with van der Waals surface area (Å²) in [6.07, 6.45) is -5.62. The molecule has 0 fully saturated rings. The smallest absolute Gasteiger partial charge is 0.481 e. The summed E-state index contributed by atoms with van der Waals surface area (Å²) >= 11 is 0. The van der Waals surface area contributed by atoms with Gasteiger partial charge in [0.2, 0.25) is 0 Å². The minimum Gasteiger partial charge on any atom is -0.481 e. The van der Waals surface area contributed by atoms with Crippen LogP contribution in [0.4, 0.5) is 32.0 Å².